The van der Waals surface area contributed by atoms with Crippen LogP contribution < -0.4 is 5.73 Å². The second-order valence-corrected chi connectivity index (χ2v) is 2.42. The van der Waals surface area contributed by atoms with E-state index >= 15 is 0 Å². The van der Waals surface area contributed by atoms with Gasteiger partial charge < -0.3 is 15.6 Å². The molecule has 1 atom stereocenters. The molecule has 0 aromatic heterocycles. The molecule has 0 rings (SSSR count). The minimum atomic E-state index is -0.810. The molecule has 62 valence electrons. The second-order valence-electron chi connectivity index (χ2n) is 2.42. The van der Waals surface area contributed by atoms with E-state index in [9.17, 15) is 5.11 Å². The summed E-state index contributed by atoms with van der Waals surface area (Å²) in [7, 11) is 0. The molecule has 3 heteroatoms. The average Bonchev–Trinajstić information content (AvgIpc) is 2.00. The Labute approximate surface area is 62.2 Å². The molecule has 0 bridgehead atoms. The first-order valence-electron chi connectivity index (χ1n) is 3.68. The fraction of sp³-hybridized carbons (Fsp3) is 1.00. The quantitative estimate of drug-likeness (QED) is 0.581. The Hall–Kier alpha value is -0.120. The summed E-state index contributed by atoms with van der Waals surface area (Å²) < 4.78 is 5.05. The van der Waals surface area contributed by atoms with Gasteiger partial charge in [-0.05, 0) is 13.3 Å². The topological polar surface area (TPSA) is 55.5 Å². The Kier molecular flexibility index (Phi) is 4.60. The summed E-state index contributed by atoms with van der Waals surface area (Å²) in [5.74, 6) is 0. The summed E-state index contributed by atoms with van der Waals surface area (Å²) in [5.41, 5.74) is 4.52. The summed E-state index contributed by atoms with van der Waals surface area (Å²) in [4.78, 5) is 0. The molecule has 3 N–H and O–H groups in total. The van der Waals surface area contributed by atoms with E-state index in [1.807, 2.05) is 13.8 Å². The van der Waals surface area contributed by atoms with Gasteiger partial charge in [0.1, 0.15) is 0 Å². The van der Waals surface area contributed by atoms with Gasteiger partial charge in [-0.1, -0.05) is 6.92 Å². The van der Waals surface area contributed by atoms with Crippen molar-refractivity contribution in [3.05, 3.63) is 0 Å². The Morgan fingerprint density at radius 2 is 2.10 bits per heavy atom. The van der Waals surface area contributed by atoms with Gasteiger partial charge in [0, 0.05) is 13.2 Å². The molecule has 0 spiro atoms. The van der Waals surface area contributed by atoms with Crippen molar-refractivity contribution < 1.29 is 9.84 Å². The number of rotatable bonds is 5. The van der Waals surface area contributed by atoms with Crippen molar-refractivity contribution in [3.63, 3.8) is 0 Å². The van der Waals surface area contributed by atoms with E-state index in [2.05, 4.69) is 0 Å². The maximum atomic E-state index is 9.51. The monoisotopic (exact) mass is 147 g/mol. The van der Waals surface area contributed by atoms with Crippen LogP contribution in [0.5, 0.6) is 0 Å². The zero-order valence-corrected chi connectivity index (χ0v) is 6.76. The van der Waals surface area contributed by atoms with Gasteiger partial charge in [0.25, 0.3) is 0 Å². The molecule has 1 unspecified atom stereocenters. The highest BCUT2D eigenvalue weighted by Crippen LogP contribution is 2.07. The molecular weight excluding hydrogens is 130 g/mol. The summed E-state index contributed by atoms with van der Waals surface area (Å²) in [5, 5.41) is 9.51. The van der Waals surface area contributed by atoms with E-state index < -0.39 is 5.60 Å². The van der Waals surface area contributed by atoms with Crippen LogP contribution in [0, 0.1) is 0 Å². The molecule has 0 aliphatic heterocycles. The van der Waals surface area contributed by atoms with Crippen molar-refractivity contribution >= 4 is 0 Å². The van der Waals surface area contributed by atoms with Gasteiger partial charge in [-0.3, -0.25) is 0 Å². The molecule has 0 aliphatic carbocycles. The van der Waals surface area contributed by atoms with Gasteiger partial charge in [0.15, 0.2) is 0 Å². The third-order valence-corrected chi connectivity index (χ3v) is 1.61. The maximum Gasteiger partial charge on any atom is 0.0998 e. The third kappa shape index (κ3) is 3.15. The van der Waals surface area contributed by atoms with Gasteiger partial charge in [-0.2, -0.15) is 0 Å². The first kappa shape index (κ1) is 9.88. The van der Waals surface area contributed by atoms with Crippen LogP contribution in [0.15, 0.2) is 0 Å². The van der Waals surface area contributed by atoms with E-state index in [-0.39, 0.29) is 6.54 Å². The lowest BCUT2D eigenvalue weighted by Crippen LogP contribution is -2.41. The molecule has 0 radical (unpaired) electrons. The number of hydrogen-bond donors (Lipinski definition) is 2. The highest BCUT2D eigenvalue weighted by molar-refractivity contribution is 4.76. The molecule has 0 aromatic carbocycles. The predicted octanol–water partition coefficient (Wildman–Crippen LogP) is 0.123. The number of ether oxygens (including phenoxy) is 1. The van der Waals surface area contributed by atoms with Crippen molar-refractivity contribution in [1.82, 2.24) is 0 Å². The van der Waals surface area contributed by atoms with Crippen molar-refractivity contribution in [2.24, 2.45) is 5.73 Å². The van der Waals surface area contributed by atoms with Crippen LogP contribution >= 0.6 is 0 Å². The van der Waals surface area contributed by atoms with Crippen LogP contribution in [0.4, 0.5) is 0 Å². The Morgan fingerprint density at radius 1 is 1.50 bits per heavy atom. The molecule has 0 saturated heterocycles. The minimum absolute atomic E-state index is 0.267. The van der Waals surface area contributed by atoms with E-state index in [0.29, 0.717) is 19.6 Å². The van der Waals surface area contributed by atoms with E-state index in [4.69, 9.17) is 10.5 Å². The van der Waals surface area contributed by atoms with Crippen LogP contribution in [-0.2, 0) is 4.74 Å². The molecule has 10 heavy (non-hydrogen) atoms. The summed E-state index contributed by atoms with van der Waals surface area (Å²) in [6, 6.07) is 0. The second kappa shape index (κ2) is 4.66. The number of hydrogen-bond acceptors (Lipinski definition) is 3. The lowest BCUT2D eigenvalue weighted by atomic mass is 10.0. The van der Waals surface area contributed by atoms with Crippen molar-refractivity contribution in [2.75, 3.05) is 19.8 Å². The summed E-state index contributed by atoms with van der Waals surface area (Å²) in [6.07, 6.45) is 0.642. The molecule has 0 aromatic rings. The normalized spacial score (nSPS) is 16.8. The molecule has 0 heterocycles. The predicted molar refractivity (Wildman–Crippen MR) is 40.8 cm³/mol. The largest absolute Gasteiger partial charge is 0.386 e. The van der Waals surface area contributed by atoms with E-state index in [1.54, 1.807) is 0 Å². The number of aliphatic hydroxyl groups is 1. The highest BCUT2D eigenvalue weighted by Gasteiger charge is 2.21. The zero-order valence-electron chi connectivity index (χ0n) is 6.76. The van der Waals surface area contributed by atoms with Gasteiger partial charge in [-0.25, -0.2) is 0 Å². The molecule has 0 amide bonds. The van der Waals surface area contributed by atoms with Crippen LogP contribution in [0.1, 0.15) is 20.3 Å². The third-order valence-electron chi connectivity index (χ3n) is 1.61. The van der Waals surface area contributed by atoms with Crippen molar-refractivity contribution in [2.45, 2.75) is 25.9 Å². The van der Waals surface area contributed by atoms with E-state index in [1.165, 1.54) is 0 Å². The molecule has 0 saturated carbocycles. The molecule has 0 aliphatic rings. The Balaban J connectivity index is 3.58. The van der Waals surface area contributed by atoms with Gasteiger partial charge >= 0.3 is 0 Å². The first-order chi connectivity index (χ1) is 4.68. The van der Waals surface area contributed by atoms with Gasteiger partial charge in [0.05, 0.1) is 12.2 Å². The molecule has 0 fully saturated rings. The number of nitrogens with two attached hydrogens (primary N) is 1. The van der Waals surface area contributed by atoms with Crippen LogP contribution in [0.2, 0.25) is 0 Å². The van der Waals surface area contributed by atoms with Crippen LogP contribution in [0.25, 0.3) is 0 Å². The van der Waals surface area contributed by atoms with Crippen LogP contribution in [-0.4, -0.2) is 30.5 Å². The van der Waals surface area contributed by atoms with Crippen molar-refractivity contribution in [3.8, 4) is 0 Å². The zero-order chi connectivity index (χ0) is 8.04. The van der Waals surface area contributed by atoms with Gasteiger partial charge in [0.2, 0.25) is 0 Å². The first-order valence-corrected chi connectivity index (χ1v) is 3.68. The Morgan fingerprint density at radius 3 is 2.40 bits per heavy atom. The van der Waals surface area contributed by atoms with Crippen LogP contribution in [0.3, 0.4) is 0 Å². The smallest absolute Gasteiger partial charge is 0.0998 e. The fourth-order valence-corrected chi connectivity index (χ4v) is 0.597. The maximum absolute atomic E-state index is 9.51. The van der Waals surface area contributed by atoms with Crippen molar-refractivity contribution in [1.29, 1.82) is 0 Å². The highest BCUT2D eigenvalue weighted by atomic mass is 16.5. The van der Waals surface area contributed by atoms with E-state index in [0.717, 1.165) is 0 Å². The minimum Gasteiger partial charge on any atom is -0.386 e. The summed E-state index contributed by atoms with van der Waals surface area (Å²) in [6.45, 7) is 5.03. The molecule has 3 nitrogen and oxygen atoms in total. The standard InChI is InChI=1S/C7H17NO2/c1-3-7(9,5-8)6-10-4-2/h9H,3-6,8H2,1-2H3. The lowest BCUT2D eigenvalue weighted by Gasteiger charge is -2.23. The average molecular weight is 147 g/mol. The fourth-order valence-electron chi connectivity index (χ4n) is 0.597. The summed E-state index contributed by atoms with van der Waals surface area (Å²) >= 11 is 0. The lowest BCUT2D eigenvalue weighted by molar-refractivity contribution is -0.0391. The van der Waals surface area contributed by atoms with Gasteiger partial charge in [-0.15, -0.1) is 0 Å². The molecular formula is C7H17NO2. The Bertz CT molecular complexity index is 81.7. The SMILES string of the molecule is CCOCC(O)(CC)CN.